The number of ether oxygens (including phenoxy) is 2. The Morgan fingerprint density at radius 3 is 2.50 bits per heavy atom. The smallest absolute Gasteiger partial charge is 0.336 e. The zero-order valence-electron chi connectivity index (χ0n) is 16.6. The van der Waals surface area contributed by atoms with E-state index in [0.717, 1.165) is 33.2 Å². The maximum absolute atomic E-state index is 11.9. The molecule has 0 N–H and O–H groups in total. The molecule has 2 heterocycles. The molecule has 1 aromatic carbocycles. The van der Waals surface area contributed by atoms with Gasteiger partial charge in [0, 0.05) is 12.1 Å². The fourth-order valence-electron chi connectivity index (χ4n) is 3.26. The Morgan fingerprint density at radius 1 is 1.23 bits per heavy atom. The van der Waals surface area contributed by atoms with Gasteiger partial charge in [-0.2, -0.15) is 0 Å². The summed E-state index contributed by atoms with van der Waals surface area (Å²) in [7, 11) is 0. The van der Waals surface area contributed by atoms with Crippen LogP contribution in [0.2, 0.25) is 0 Å². The average molecular weight is 354 g/mol. The van der Waals surface area contributed by atoms with Gasteiger partial charge in [0.15, 0.2) is 0 Å². The summed E-state index contributed by atoms with van der Waals surface area (Å²) < 4.78 is 18.0. The summed E-state index contributed by atoms with van der Waals surface area (Å²) in [6.07, 6.45) is -0.170. The lowest BCUT2D eigenvalue weighted by molar-refractivity contribution is 0.145. The van der Waals surface area contributed by atoms with Crippen LogP contribution in [0.3, 0.4) is 0 Å². The van der Waals surface area contributed by atoms with E-state index in [1.54, 1.807) is 6.07 Å². The van der Waals surface area contributed by atoms with Crippen molar-refractivity contribution in [3.63, 3.8) is 0 Å². The molecule has 3 rings (SSSR count). The predicted molar refractivity (Wildman–Crippen MR) is 105 cm³/mol. The van der Waals surface area contributed by atoms with Crippen molar-refractivity contribution in [3.05, 3.63) is 51.4 Å². The summed E-state index contributed by atoms with van der Waals surface area (Å²) in [5.41, 5.74) is 4.56. The van der Waals surface area contributed by atoms with E-state index in [9.17, 15) is 4.79 Å². The zero-order valence-corrected chi connectivity index (χ0v) is 16.6. The lowest BCUT2D eigenvalue weighted by Crippen LogP contribution is -2.33. The monoisotopic (exact) mass is 354 g/mol. The molecule has 1 atom stereocenters. The summed E-state index contributed by atoms with van der Waals surface area (Å²) in [6.45, 7) is 18.0. The number of fused-ring (bicyclic) bond motifs is 3. The van der Waals surface area contributed by atoms with Crippen LogP contribution in [-0.4, -0.2) is 11.7 Å². The van der Waals surface area contributed by atoms with Crippen molar-refractivity contribution in [2.75, 3.05) is 0 Å². The molecule has 4 heteroatoms. The van der Waals surface area contributed by atoms with Crippen molar-refractivity contribution in [2.24, 2.45) is 0 Å². The molecule has 0 aliphatic carbocycles. The Morgan fingerprint density at radius 2 is 1.88 bits per heavy atom. The first-order chi connectivity index (χ1) is 12.0. The van der Waals surface area contributed by atoms with Gasteiger partial charge in [-0.1, -0.05) is 6.58 Å². The van der Waals surface area contributed by atoms with E-state index in [2.05, 4.69) is 20.4 Å². The van der Waals surface area contributed by atoms with Crippen LogP contribution in [0.4, 0.5) is 0 Å². The second-order valence-corrected chi connectivity index (χ2v) is 7.67. The molecule has 0 bridgehead atoms. The van der Waals surface area contributed by atoms with E-state index in [0.29, 0.717) is 17.1 Å². The van der Waals surface area contributed by atoms with Crippen LogP contribution in [0.1, 0.15) is 52.7 Å². The van der Waals surface area contributed by atoms with E-state index in [4.69, 9.17) is 13.9 Å². The summed E-state index contributed by atoms with van der Waals surface area (Å²) in [5.74, 6) is 1.35. The van der Waals surface area contributed by atoms with Gasteiger partial charge in [0.25, 0.3) is 0 Å². The topological polar surface area (TPSA) is 48.7 Å². The molecular weight excluding hydrogens is 328 g/mol. The molecule has 0 spiro atoms. The number of rotatable bonds is 3. The summed E-state index contributed by atoms with van der Waals surface area (Å²) >= 11 is 0. The van der Waals surface area contributed by atoms with Gasteiger partial charge in [0.2, 0.25) is 0 Å². The molecule has 1 aromatic heterocycles. The van der Waals surface area contributed by atoms with Crippen LogP contribution in [-0.2, 0) is 0 Å². The lowest BCUT2D eigenvalue weighted by Gasteiger charge is -2.36. The quantitative estimate of drug-likeness (QED) is 0.546. The van der Waals surface area contributed by atoms with Gasteiger partial charge >= 0.3 is 5.63 Å². The standard InChI is InChI=1S/C22H26O4/c1-11(2)15(6)24-17-10-16-19(12(3)9-18(23)25-16)21-20(17)13(4)14(5)22(7,8)26-21/h9-10,15H,1H2,2-8H3/t15-/m1/s1. The van der Waals surface area contributed by atoms with Crippen molar-refractivity contribution < 1.29 is 13.9 Å². The van der Waals surface area contributed by atoms with E-state index >= 15 is 0 Å². The highest BCUT2D eigenvalue weighted by Gasteiger charge is 2.35. The zero-order chi connectivity index (χ0) is 19.4. The van der Waals surface area contributed by atoms with Crippen molar-refractivity contribution in [1.82, 2.24) is 0 Å². The van der Waals surface area contributed by atoms with Gasteiger partial charge in [-0.3, -0.25) is 0 Å². The molecule has 0 saturated carbocycles. The first-order valence-electron chi connectivity index (χ1n) is 8.83. The number of allylic oxidation sites excluding steroid dienone is 1. The third-order valence-electron chi connectivity index (χ3n) is 5.34. The third-order valence-corrected chi connectivity index (χ3v) is 5.34. The minimum absolute atomic E-state index is 0.170. The Balaban J connectivity index is 2.41. The van der Waals surface area contributed by atoms with Gasteiger partial charge in [0.1, 0.15) is 28.8 Å². The Labute approximate surface area is 154 Å². The number of benzene rings is 1. The third kappa shape index (κ3) is 2.83. The SMILES string of the molecule is C=C(C)[C@@H](C)Oc1cc2oc(=O)cc(C)c2c2c1C(C)=C(C)C(C)(C)O2. The highest BCUT2D eigenvalue weighted by atomic mass is 16.5. The molecule has 4 nitrogen and oxygen atoms in total. The van der Waals surface area contributed by atoms with Gasteiger partial charge in [-0.25, -0.2) is 4.79 Å². The van der Waals surface area contributed by atoms with Crippen molar-refractivity contribution in [1.29, 1.82) is 0 Å². The van der Waals surface area contributed by atoms with E-state index < -0.39 is 5.60 Å². The van der Waals surface area contributed by atoms with Gasteiger partial charge in [-0.15, -0.1) is 0 Å². The van der Waals surface area contributed by atoms with Crippen LogP contribution in [0.15, 0.2) is 39.1 Å². The highest BCUT2D eigenvalue weighted by Crippen LogP contribution is 2.49. The van der Waals surface area contributed by atoms with E-state index in [-0.39, 0.29) is 11.7 Å². The molecule has 0 unspecified atom stereocenters. The van der Waals surface area contributed by atoms with Crippen LogP contribution < -0.4 is 15.1 Å². The first-order valence-corrected chi connectivity index (χ1v) is 8.83. The van der Waals surface area contributed by atoms with Crippen LogP contribution in [0.25, 0.3) is 16.5 Å². The largest absolute Gasteiger partial charge is 0.485 e. The predicted octanol–water partition coefficient (Wildman–Crippen LogP) is 5.41. The molecular formula is C22H26O4. The molecule has 0 radical (unpaired) electrons. The second-order valence-electron chi connectivity index (χ2n) is 7.67. The minimum Gasteiger partial charge on any atom is -0.485 e. The fraction of sp³-hybridized carbons (Fsp3) is 0.409. The summed E-state index contributed by atoms with van der Waals surface area (Å²) in [6, 6.07) is 3.29. The molecule has 0 amide bonds. The maximum Gasteiger partial charge on any atom is 0.336 e. The molecule has 1 aliphatic rings. The molecule has 0 saturated heterocycles. The first kappa shape index (κ1) is 18.3. The number of hydrogen-bond acceptors (Lipinski definition) is 4. The lowest BCUT2D eigenvalue weighted by atomic mass is 9.86. The Bertz CT molecular complexity index is 1000. The van der Waals surface area contributed by atoms with Gasteiger partial charge in [0.05, 0.1) is 10.9 Å². The second kappa shape index (κ2) is 6.04. The Kier molecular flexibility index (Phi) is 4.26. The van der Waals surface area contributed by atoms with E-state index in [1.165, 1.54) is 6.07 Å². The van der Waals surface area contributed by atoms with E-state index in [1.807, 2.05) is 34.6 Å². The number of hydrogen-bond donors (Lipinski definition) is 0. The highest BCUT2D eigenvalue weighted by molar-refractivity contribution is 5.96. The average Bonchev–Trinajstić information content (AvgIpc) is 2.51. The maximum atomic E-state index is 11.9. The number of aryl methyl sites for hydroxylation is 1. The fourth-order valence-corrected chi connectivity index (χ4v) is 3.26. The molecule has 138 valence electrons. The van der Waals surface area contributed by atoms with Crippen LogP contribution >= 0.6 is 0 Å². The molecule has 1 aliphatic heterocycles. The molecule has 0 fully saturated rings. The summed E-state index contributed by atoms with van der Waals surface area (Å²) in [4.78, 5) is 11.9. The van der Waals surface area contributed by atoms with Crippen LogP contribution in [0, 0.1) is 6.92 Å². The van der Waals surface area contributed by atoms with Crippen molar-refractivity contribution >= 4 is 16.5 Å². The van der Waals surface area contributed by atoms with Crippen molar-refractivity contribution in [2.45, 2.75) is 60.2 Å². The van der Waals surface area contributed by atoms with Crippen LogP contribution in [0.5, 0.6) is 11.5 Å². The Hall–Kier alpha value is -2.49. The molecule has 2 aromatic rings. The molecule has 26 heavy (non-hydrogen) atoms. The minimum atomic E-state index is -0.453. The normalized spacial score (nSPS) is 16.9. The van der Waals surface area contributed by atoms with Crippen molar-refractivity contribution in [3.8, 4) is 11.5 Å². The summed E-state index contributed by atoms with van der Waals surface area (Å²) in [5, 5.41) is 0.815. The van der Waals surface area contributed by atoms with Gasteiger partial charge in [-0.05, 0) is 70.7 Å². The van der Waals surface area contributed by atoms with Gasteiger partial charge < -0.3 is 13.9 Å².